The Kier molecular flexibility index (Phi) is 6.27. The van der Waals surface area contributed by atoms with Gasteiger partial charge in [0.1, 0.15) is 5.60 Å². The number of fused-ring (bicyclic) bond motifs is 1. The maximum atomic E-state index is 12.9. The minimum atomic E-state index is -0.504. The molecule has 1 fully saturated rings. The number of carbonyl (C=O) groups excluding carboxylic acids is 1. The van der Waals surface area contributed by atoms with Crippen molar-refractivity contribution >= 4 is 17.7 Å². The highest BCUT2D eigenvalue weighted by molar-refractivity contribution is 6.30. The molecule has 0 unspecified atom stereocenters. The maximum absolute atomic E-state index is 12.9. The summed E-state index contributed by atoms with van der Waals surface area (Å²) >= 11 is 6.52. The van der Waals surface area contributed by atoms with Crippen LogP contribution >= 0.6 is 11.6 Å². The zero-order valence-corrected chi connectivity index (χ0v) is 19.7. The van der Waals surface area contributed by atoms with Gasteiger partial charge in [-0.05, 0) is 87.4 Å². The average Bonchev–Trinajstić information content (AvgIpc) is 3.18. The lowest BCUT2D eigenvalue weighted by Crippen LogP contribution is -2.37. The number of rotatable bonds is 3. The van der Waals surface area contributed by atoms with E-state index in [1.165, 1.54) is 22.3 Å². The summed E-state index contributed by atoms with van der Waals surface area (Å²) in [5.74, 6) is 0. The highest BCUT2D eigenvalue weighted by atomic mass is 35.5. The molecule has 6 heteroatoms. The van der Waals surface area contributed by atoms with Crippen LogP contribution in [0.1, 0.15) is 67.6 Å². The van der Waals surface area contributed by atoms with E-state index < -0.39 is 5.60 Å². The third kappa shape index (κ3) is 5.21. The van der Waals surface area contributed by atoms with E-state index >= 15 is 0 Å². The van der Waals surface area contributed by atoms with Crippen molar-refractivity contribution in [2.75, 3.05) is 13.1 Å². The highest BCUT2D eigenvalue weighted by Gasteiger charge is 2.35. The van der Waals surface area contributed by atoms with Gasteiger partial charge >= 0.3 is 6.09 Å². The summed E-state index contributed by atoms with van der Waals surface area (Å²) in [4.78, 5) is 21.8. The van der Waals surface area contributed by atoms with Crippen LogP contribution in [-0.4, -0.2) is 39.6 Å². The molecule has 0 saturated carbocycles. The van der Waals surface area contributed by atoms with Gasteiger partial charge < -0.3 is 9.64 Å². The summed E-state index contributed by atoms with van der Waals surface area (Å²) < 4.78 is 5.69. The molecule has 1 saturated heterocycles. The van der Waals surface area contributed by atoms with Crippen molar-refractivity contribution in [3.8, 4) is 0 Å². The monoisotopic (exact) mass is 441 g/mol. The second-order valence-electron chi connectivity index (χ2n) is 9.75. The van der Waals surface area contributed by atoms with Gasteiger partial charge in [0, 0.05) is 37.4 Å². The third-order valence-corrected chi connectivity index (χ3v) is 6.24. The number of pyridine rings is 1. The minimum Gasteiger partial charge on any atom is -0.444 e. The first-order valence-electron chi connectivity index (χ1n) is 11.1. The first kappa shape index (κ1) is 22.1. The second-order valence-corrected chi connectivity index (χ2v) is 10.2. The van der Waals surface area contributed by atoms with E-state index in [1.54, 1.807) is 0 Å². The van der Waals surface area contributed by atoms with Crippen LogP contribution < -0.4 is 0 Å². The van der Waals surface area contributed by atoms with Crippen molar-refractivity contribution < 1.29 is 9.53 Å². The molecule has 4 rings (SSSR count). The maximum Gasteiger partial charge on any atom is 0.410 e. The van der Waals surface area contributed by atoms with E-state index in [-0.39, 0.29) is 12.1 Å². The lowest BCUT2D eigenvalue weighted by molar-refractivity contribution is 0.0223. The van der Waals surface area contributed by atoms with Gasteiger partial charge in [-0.25, -0.2) is 4.79 Å². The molecule has 0 bridgehead atoms. The van der Waals surface area contributed by atoms with E-state index in [0.29, 0.717) is 0 Å². The molecule has 0 aliphatic carbocycles. The van der Waals surface area contributed by atoms with Crippen LogP contribution in [0.25, 0.3) is 0 Å². The van der Waals surface area contributed by atoms with E-state index in [9.17, 15) is 4.79 Å². The molecular formula is C25H32ClN3O2. The Hall–Kier alpha value is -2.11. The summed E-state index contributed by atoms with van der Waals surface area (Å²) in [5, 5.41) is 0.749. The van der Waals surface area contributed by atoms with Crippen molar-refractivity contribution in [3.63, 3.8) is 0 Å². The van der Waals surface area contributed by atoms with Crippen molar-refractivity contribution in [1.29, 1.82) is 0 Å². The molecule has 1 atom stereocenters. The molecule has 2 aromatic rings. The van der Waals surface area contributed by atoms with Gasteiger partial charge in [0.05, 0.1) is 11.7 Å². The topological polar surface area (TPSA) is 45.7 Å². The van der Waals surface area contributed by atoms with E-state index in [2.05, 4.69) is 41.1 Å². The molecule has 0 N–H and O–H groups in total. The Morgan fingerprint density at radius 1 is 1.26 bits per heavy atom. The predicted molar refractivity (Wildman–Crippen MR) is 123 cm³/mol. The van der Waals surface area contributed by atoms with E-state index in [4.69, 9.17) is 16.3 Å². The summed E-state index contributed by atoms with van der Waals surface area (Å²) in [6, 6.07) is 8.38. The lowest BCUT2D eigenvalue weighted by Gasteiger charge is -2.34. The first-order chi connectivity index (χ1) is 14.7. The molecule has 1 aromatic heterocycles. The van der Waals surface area contributed by atoms with Gasteiger partial charge in [0.25, 0.3) is 0 Å². The minimum absolute atomic E-state index is 0.0137. The van der Waals surface area contributed by atoms with Gasteiger partial charge in [-0.15, -0.1) is 0 Å². The van der Waals surface area contributed by atoms with Crippen LogP contribution in [0.5, 0.6) is 0 Å². The number of benzene rings is 1. The van der Waals surface area contributed by atoms with E-state index in [1.807, 2.05) is 31.9 Å². The van der Waals surface area contributed by atoms with Crippen LogP contribution in [0.15, 0.2) is 30.5 Å². The van der Waals surface area contributed by atoms with E-state index in [0.717, 1.165) is 56.2 Å². The summed E-state index contributed by atoms with van der Waals surface area (Å²) in [6.45, 7) is 11.2. The molecule has 1 aromatic carbocycles. The third-order valence-electron chi connectivity index (χ3n) is 6.02. The van der Waals surface area contributed by atoms with Gasteiger partial charge in [-0.2, -0.15) is 0 Å². The number of hydrogen-bond donors (Lipinski definition) is 0. The number of nitrogens with zero attached hydrogens (tertiary/aromatic N) is 3. The highest BCUT2D eigenvalue weighted by Crippen LogP contribution is 2.39. The first-order valence-corrected chi connectivity index (χ1v) is 11.5. The zero-order chi connectivity index (χ0) is 22.2. The fourth-order valence-corrected chi connectivity index (χ4v) is 4.85. The van der Waals surface area contributed by atoms with Crippen LogP contribution in [0.3, 0.4) is 0 Å². The van der Waals surface area contributed by atoms with Gasteiger partial charge in [0.2, 0.25) is 0 Å². The Labute approximate surface area is 190 Å². The molecule has 2 aliphatic heterocycles. The Morgan fingerprint density at radius 3 is 2.77 bits per heavy atom. The number of hydrogen-bond acceptors (Lipinski definition) is 4. The molecule has 166 valence electrons. The fraction of sp³-hybridized carbons (Fsp3) is 0.520. The fourth-order valence-electron chi connectivity index (χ4n) is 4.60. The van der Waals surface area contributed by atoms with Gasteiger partial charge in [-0.3, -0.25) is 9.88 Å². The standard InChI is InChI=1S/C25H32ClN3O2/c1-17-7-8-20(27-14-17)15-28-11-9-18-12-19(26)13-21(22(18)16-28)23-6-5-10-29(23)24(30)31-25(2,3)4/h7-8,12-14,23H,5-6,9-11,15-16H2,1-4H3/t23-/m0/s1. The summed E-state index contributed by atoms with van der Waals surface area (Å²) in [5.41, 5.74) is 5.53. The van der Waals surface area contributed by atoms with Crippen LogP contribution in [0, 0.1) is 6.92 Å². The van der Waals surface area contributed by atoms with Crippen LogP contribution in [-0.2, 0) is 24.2 Å². The zero-order valence-electron chi connectivity index (χ0n) is 18.9. The lowest BCUT2D eigenvalue weighted by atomic mass is 9.90. The number of aromatic nitrogens is 1. The molecule has 31 heavy (non-hydrogen) atoms. The van der Waals surface area contributed by atoms with Gasteiger partial charge in [0.15, 0.2) is 0 Å². The van der Waals surface area contributed by atoms with Crippen LogP contribution in [0.4, 0.5) is 4.79 Å². The molecule has 3 heterocycles. The smallest absolute Gasteiger partial charge is 0.410 e. The number of ether oxygens (including phenoxy) is 1. The Morgan fingerprint density at radius 2 is 2.06 bits per heavy atom. The number of halogens is 1. The number of aryl methyl sites for hydroxylation is 1. The van der Waals surface area contributed by atoms with Crippen molar-refractivity contribution in [1.82, 2.24) is 14.8 Å². The van der Waals surface area contributed by atoms with Crippen LogP contribution in [0.2, 0.25) is 5.02 Å². The van der Waals surface area contributed by atoms with Crippen molar-refractivity contribution in [2.45, 2.75) is 71.7 Å². The quantitative estimate of drug-likeness (QED) is 0.615. The Balaban J connectivity index is 1.59. The Bertz CT molecular complexity index is 952. The summed E-state index contributed by atoms with van der Waals surface area (Å²) in [6.07, 6.45) is 4.55. The van der Waals surface area contributed by atoms with Crippen molar-refractivity contribution in [3.05, 3.63) is 63.4 Å². The second kappa shape index (κ2) is 8.79. The molecule has 2 aliphatic rings. The average molecular weight is 442 g/mol. The molecule has 0 spiro atoms. The molecule has 0 radical (unpaired) electrons. The predicted octanol–water partition coefficient (Wildman–Crippen LogP) is 5.67. The van der Waals surface area contributed by atoms with Crippen molar-refractivity contribution in [2.24, 2.45) is 0 Å². The number of carbonyl (C=O) groups is 1. The molecule has 1 amide bonds. The number of amides is 1. The van der Waals surface area contributed by atoms with Gasteiger partial charge in [-0.1, -0.05) is 17.7 Å². The molecular weight excluding hydrogens is 410 g/mol. The largest absolute Gasteiger partial charge is 0.444 e. The summed E-state index contributed by atoms with van der Waals surface area (Å²) in [7, 11) is 0. The number of likely N-dealkylation sites (tertiary alicyclic amines) is 1. The SMILES string of the molecule is Cc1ccc(CN2CCc3cc(Cl)cc([C@@H]4CCCN4C(=O)OC(C)(C)C)c3C2)nc1. The molecule has 5 nitrogen and oxygen atoms in total. The normalized spacial score (nSPS) is 19.4.